The van der Waals surface area contributed by atoms with E-state index in [9.17, 15) is 4.79 Å². The second-order valence-corrected chi connectivity index (χ2v) is 5.11. The maximum atomic E-state index is 12.4. The number of hydrogen-bond donors (Lipinski definition) is 2. The van der Waals surface area contributed by atoms with Crippen LogP contribution >= 0.6 is 0 Å². The normalized spacial score (nSPS) is 12.3. The number of carbonyl (C=O) groups is 1. The lowest BCUT2D eigenvalue weighted by molar-refractivity contribution is -0.123. The van der Waals surface area contributed by atoms with Gasteiger partial charge in [0.2, 0.25) is 5.91 Å². The van der Waals surface area contributed by atoms with E-state index >= 15 is 0 Å². The Bertz CT molecular complexity index is 522. The van der Waals surface area contributed by atoms with Crippen molar-refractivity contribution in [2.24, 2.45) is 5.92 Å². The van der Waals surface area contributed by atoms with E-state index in [0.717, 1.165) is 11.4 Å². The smallest absolute Gasteiger partial charge is 0.227 e. The lowest BCUT2D eigenvalue weighted by atomic mass is 9.87. The van der Waals surface area contributed by atoms with Gasteiger partial charge in [-0.3, -0.25) is 9.89 Å². The first kappa shape index (κ1) is 14.2. The predicted molar refractivity (Wildman–Crippen MR) is 77.1 cm³/mol. The summed E-state index contributed by atoms with van der Waals surface area (Å²) in [5.41, 5.74) is 1.06. The number of benzene rings is 1. The Labute approximate surface area is 118 Å². The fourth-order valence-electron chi connectivity index (χ4n) is 2.26. The zero-order valence-electron chi connectivity index (χ0n) is 11.8. The van der Waals surface area contributed by atoms with E-state index in [-0.39, 0.29) is 17.7 Å². The van der Waals surface area contributed by atoms with Gasteiger partial charge in [-0.2, -0.15) is 5.10 Å². The quantitative estimate of drug-likeness (QED) is 0.843. The molecule has 0 saturated heterocycles. The van der Waals surface area contributed by atoms with Gasteiger partial charge in [0.15, 0.2) is 0 Å². The second-order valence-electron chi connectivity index (χ2n) is 5.11. The van der Waals surface area contributed by atoms with Crippen molar-refractivity contribution < 1.29 is 4.79 Å². The summed E-state index contributed by atoms with van der Waals surface area (Å²) >= 11 is 0. The Morgan fingerprint density at radius 1 is 1.30 bits per heavy atom. The molecule has 0 aliphatic heterocycles. The molecule has 5 heteroatoms. The summed E-state index contributed by atoms with van der Waals surface area (Å²) in [6.07, 6.45) is 2.13. The monoisotopic (exact) mass is 272 g/mol. The van der Waals surface area contributed by atoms with Crippen molar-refractivity contribution in [3.63, 3.8) is 0 Å². The maximum absolute atomic E-state index is 12.4. The van der Waals surface area contributed by atoms with Gasteiger partial charge in [-0.1, -0.05) is 44.2 Å². The van der Waals surface area contributed by atoms with Crippen molar-refractivity contribution in [1.29, 1.82) is 0 Å². The van der Waals surface area contributed by atoms with Gasteiger partial charge in [0, 0.05) is 13.0 Å². The van der Waals surface area contributed by atoms with Crippen molar-refractivity contribution in [3.8, 4) is 0 Å². The van der Waals surface area contributed by atoms with Gasteiger partial charge in [-0.15, -0.1) is 0 Å². The molecule has 1 atom stereocenters. The largest absolute Gasteiger partial charge is 0.355 e. The van der Waals surface area contributed by atoms with Gasteiger partial charge in [0.1, 0.15) is 12.2 Å². The molecule has 20 heavy (non-hydrogen) atoms. The molecule has 5 nitrogen and oxygen atoms in total. The lowest BCUT2D eigenvalue weighted by Gasteiger charge is -2.20. The van der Waals surface area contributed by atoms with Crippen molar-refractivity contribution in [2.45, 2.75) is 26.2 Å². The fraction of sp³-hybridized carbons (Fsp3) is 0.400. The molecule has 0 bridgehead atoms. The van der Waals surface area contributed by atoms with Gasteiger partial charge >= 0.3 is 0 Å². The van der Waals surface area contributed by atoms with Crippen LogP contribution in [0.2, 0.25) is 0 Å². The highest BCUT2D eigenvalue weighted by atomic mass is 16.1. The lowest BCUT2D eigenvalue weighted by Crippen LogP contribution is -2.33. The molecule has 0 saturated carbocycles. The molecule has 0 aliphatic carbocycles. The van der Waals surface area contributed by atoms with Crippen molar-refractivity contribution in [3.05, 3.63) is 48.0 Å². The number of carbonyl (C=O) groups excluding carboxylic acids is 1. The van der Waals surface area contributed by atoms with E-state index in [1.54, 1.807) is 0 Å². The number of nitrogens with zero attached hydrogens (tertiary/aromatic N) is 2. The molecule has 2 rings (SSSR count). The summed E-state index contributed by atoms with van der Waals surface area (Å²) in [5.74, 6) is 0.977. The van der Waals surface area contributed by atoms with Crippen LogP contribution in [0.25, 0.3) is 0 Å². The van der Waals surface area contributed by atoms with Crippen LogP contribution in [0.1, 0.15) is 31.2 Å². The third-order valence-electron chi connectivity index (χ3n) is 3.23. The van der Waals surface area contributed by atoms with Crippen molar-refractivity contribution >= 4 is 5.91 Å². The Kier molecular flexibility index (Phi) is 4.87. The van der Waals surface area contributed by atoms with Crippen LogP contribution in [-0.2, 0) is 11.2 Å². The van der Waals surface area contributed by atoms with E-state index < -0.39 is 0 Å². The first-order chi connectivity index (χ1) is 9.68. The summed E-state index contributed by atoms with van der Waals surface area (Å²) in [4.78, 5) is 16.4. The topological polar surface area (TPSA) is 70.7 Å². The van der Waals surface area contributed by atoms with Crippen LogP contribution in [0.15, 0.2) is 36.7 Å². The van der Waals surface area contributed by atoms with Gasteiger partial charge < -0.3 is 5.32 Å². The maximum Gasteiger partial charge on any atom is 0.227 e. The van der Waals surface area contributed by atoms with Gasteiger partial charge in [0.05, 0.1) is 5.92 Å². The molecule has 1 amide bonds. The zero-order valence-corrected chi connectivity index (χ0v) is 11.8. The number of H-pyrrole nitrogens is 1. The highest BCUT2D eigenvalue weighted by Crippen LogP contribution is 2.24. The molecule has 0 radical (unpaired) electrons. The molecule has 1 heterocycles. The molecule has 2 N–H and O–H groups in total. The fourth-order valence-corrected chi connectivity index (χ4v) is 2.26. The molecule has 0 fully saturated rings. The molecule has 1 aromatic heterocycles. The molecule has 0 aliphatic rings. The Balaban J connectivity index is 1.94. The van der Waals surface area contributed by atoms with E-state index in [1.165, 1.54) is 6.33 Å². The van der Waals surface area contributed by atoms with Gasteiger partial charge in [-0.05, 0) is 11.5 Å². The molecule has 0 unspecified atom stereocenters. The zero-order chi connectivity index (χ0) is 14.4. The van der Waals surface area contributed by atoms with E-state index in [0.29, 0.717) is 13.0 Å². The van der Waals surface area contributed by atoms with Gasteiger partial charge in [0.25, 0.3) is 0 Å². The van der Waals surface area contributed by atoms with Crippen LogP contribution in [0, 0.1) is 5.92 Å². The molecule has 1 aromatic carbocycles. The number of aromatic amines is 1. The third kappa shape index (κ3) is 3.66. The number of hydrogen-bond acceptors (Lipinski definition) is 3. The van der Waals surface area contributed by atoms with E-state index in [2.05, 4.69) is 34.3 Å². The van der Waals surface area contributed by atoms with Crippen LogP contribution in [0.4, 0.5) is 0 Å². The molecule has 2 aromatic rings. The van der Waals surface area contributed by atoms with Crippen LogP contribution in [0.5, 0.6) is 0 Å². The molecular formula is C15H20N4O. The minimum Gasteiger partial charge on any atom is -0.355 e. The summed E-state index contributed by atoms with van der Waals surface area (Å²) in [6.45, 7) is 4.69. The average molecular weight is 272 g/mol. The molecular weight excluding hydrogens is 252 g/mol. The highest BCUT2D eigenvalue weighted by molar-refractivity contribution is 5.83. The first-order valence-corrected chi connectivity index (χ1v) is 6.85. The Morgan fingerprint density at radius 3 is 2.65 bits per heavy atom. The van der Waals surface area contributed by atoms with E-state index in [4.69, 9.17) is 0 Å². The number of rotatable bonds is 6. The van der Waals surface area contributed by atoms with Crippen LogP contribution in [0.3, 0.4) is 0 Å². The molecule has 0 spiro atoms. The SMILES string of the molecule is CC(C)[C@@H](C(=O)NCCc1ncn[nH]1)c1ccccc1. The highest BCUT2D eigenvalue weighted by Gasteiger charge is 2.23. The second kappa shape index (κ2) is 6.84. The van der Waals surface area contributed by atoms with Crippen LogP contribution < -0.4 is 5.32 Å². The summed E-state index contributed by atoms with van der Waals surface area (Å²) < 4.78 is 0. The standard InChI is InChI=1S/C15H20N4O/c1-11(2)14(12-6-4-3-5-7-12)15(20)16-9-8-13-17-10-18-19-13/h3-7,10-11,14H,8-9H2,1-2H3,(H,16,20)(H,17,18,19)/t14-/m1/s1. The third-order valence-corrected chi connectivity index (χ3v) is 3.23. The predicted octanol–water partition coefficient (Wildman–Crippen LogP) is 1.90. The summed E-state index contributed by atoms with van der Waals surface area (Å²) in [5, 5.41) is 9.54. The molecule has 106 valence electrons. The average Bonchev–Trinajstić information content (AvgIpc) is 2.93. The Morgan fingerprint density at radius 2 is 2.05 bits per heavy atom. The van der Waals surface area contributed by atoms with Crippen molar-refractivity contribution in [1.82, 2.24) is 20.5 Å². The minimum atomic E-state index is -0.120. The number of nitrogens with one attached hydrogen (secondary N) is 2. The number of aromatic nitrogens is 3. The van der Waals surface area contributed by atoms with Crippen LogP contribution in [-0.4, -0.2) is 27.6 Å². The summed E-state index contributed by atoms with van der Waals surface area (Å²) in [6, 6.07) is 9.89. The Hall–Kier alpha value is -2.17. The van der Waals surface area contributed by atoms with Gasteiger partial charge in [-0.25, -0.2) is 4.98 Å². The summed E-state index contributed by atoms with van der Waals surface area (Å²) in [7, 11) is 0. The minimum absolute atomic E-state index is 0.0608. The first-order valence-electron chi connectivity index (χ1n) is 6.85. The van der Waals surface area contributed by atoms with Crippen molar-refractivity contribution in [2.75, 3.05) is 6.54 Å². The van der Waals surface area contributed by atoms with E-state index in [1.807, 2.05) is 30.3 Å². The number of amides is 1.